The number of hydrogen-bond donors (Lipinski definition) is 1. The zero-order valence-corrected chi connectivity index (χ0v) is 18.2. The highest BCUT2D eigenvalue weighted by Crippen LogP contribution is 2.28. The number of rotatable bonds is 4. The summed E-state index contributed by atoms with van der Waals surface area (Å²) in [5.41, 5.74) is 12.1. The van der Waals surface area contributed by atoms with Gasteiger partial charge in [-0.1, -0.05) is 42.0 Å². The van der Waals surface area contributed by atoms with Crippen LogP contribution in [0.1, 0.15) is 35.2 Å². The van der Waals surface area contributed by atoms with Gasteiger partial charge in [-0.2, -0.15) is 5.26 Å². The van der Waals surface area contributed by atoms with Crippen LogP contribution in [0, 0.1) is 25.2 Å². The highest BCUT2D eigenvalue weighted by atomic mass is 16.1. The Hall–Kier alpha value is -4.24. The standard InChI is InChI=1S/C26H23N5O/c1-16-6-4-7-19(12-16)18(3)31-11-10-20(13-25(31)32)23-14-24(30-26(28)29-23)22-9-5-8-21(15-27)17(22)2/h4-14,18H,1-3H3,(H2,28,29,30). The summed E-state index contributed by atoms with van der Waals surface area (Å²) in [4.78, 5) is 21.6. The van der Waals surface area contributed by atoms with Crippen molar-refractivity contribution in [1.29, 1.82) is 5.26 Å². The van der Waals surface area contributed by atoms with Crippen molar-refractivity contribution in [2.75, 3.05) is 5.73 Å². The highest BCUT2D eigenvalue weighted by Gasteiger charge is 2.14. The number of nitrogen functional groups attached to an aromatic ring is 1. The van der Waals surface area contributed by atoms with E-state index in [-0.39, 0.29) is 17.5 Å². The molecule has 1 atom stereocenters. The van der Waals surface area contributed by atoms with Crippen LogP contribution < -0.4 is 11.3 Å². The Morgan fingerprint density at radius 1 is 1.00 bits per heavy atom. The lowest BCUT2D eigenvalue weighted by Gasteiger charge is -2.17. The Kier molecular flexibility index (Phi) is 5.57. The van der Waals surface area contributed by atoms with E-state index in [0.717, 1.165) is 22.3 Å². The molecule has 6 heteroatoms. The molecule has 0 aliphatic heterocycles. The number of pyridine rings is 1. The highest BCUT2D eigenvalue weighted by molar-refractivity contribution is 5.72. The summed E-state index contributed by atoms with van der Waals surface area (Å²) < 4.78 is 1.70. The molecule has 32 heavy (non-hydrogen) atoms. The molecule has 4 aromatic rings. The number of benzene rings is 2. The number of nitrogens with zero attached hydrogens (tertiary/aromatic N) is 4. The molecule has 0 fully saturated rings. The van der Waals surface area contributed by atoms with Crippen molar-refractivity contribution in [3.8, 4) is 28.6 Å². The van der Waals surface area contributed by atoms with Crippen LogP contribution in [0.5, 0.6) is 0 Å². The van der Waals surface area contributed by atoms with Crippen LogP contribution in [0.25, 0.3) is 22.5 Å². The first-order chi connectivity index (χ1) is 15.4. The minimum atomic E-state index is -0.127. The third-order valence-electron chi connectivity index (χ3n) is 5.66. The number of nitrogens with two attached hydrogens (primary N) is 1. The molecule has 0 saturated carbocycles. The lowest BCUT2D eigenvalue weighted by atomic mass is 9.99. The predicted molar refractivity (Wildman–Crippen MR) is 126 cm³/mol. The quantitative estimate of drug-likeness (QED) is 0.517. The number of anilines is 1. The molecule has 0 aliphatic carbocycles. The third-order valence-corrected chi connectivity index (χ3v) is 5.66. The zero-order chi connectivity index (χ0) is 22.8. The van der Waals surface area contributed by atoms with E-state index in [0.29, 0.717) is 22.5 Å². The Labute approximate surface area is 186 Å². The lowest BCUT2D eigenvalue weighted by molar-refractivity contribution is 0.614. The fraction of sp³-hybridized carbons (Fsp3) is 0.154. The second-order valence-corrected chi connectivity index (χ2v) is 7.84. The van der Waals surface area contributed by atoms with Crippen molar-refractivity contribution in [2.24, 2.45) is 0 Å². The van der Waals surface area contributed by atoms with E-state index in [1.54, 1.807) is 29.0 Å². The van der Waals surface area contributed by atoms with Crippen molar-refractivity contribution < 1.29 is 0 Å². The number of hydrogen-bond acceptors (Lipinski definition) is 5. The Morgan fingerprint density at radius 3 is 2.47 bits per heavy atom. The molecule has 0 aliphatic rings. The van der Waals surface area contributed by atoms with Crippen LogP contribution in [-0.4, -0.2) is 14.5 Å². The number of aromatic nitrogens is 3. The summed E-state index contributed by atoms with van der Waals surface area (Å²) in [6.45, 7) is 5.91. The van der Waals surface area contributed by atoms with Crippen LogP contribution in [0.2, 0.25) is 0 Å². The number of nitriles is 1. The molecule has 158 valence electrons. The van der Waals surface area contributed by atoms with E-state index >= 15 is 0 Å². The van der Waals surface area contributed by atoms with Gasteiger partial charge in [0.25, 0.3) is 5.56 Å². The fourth-order valence-corrected chi connectivity index (χ4v) is 3.85. The van der Waals surface area contributed by atoms with Crippen molar-refractivity contribution in [3.05, 3.63) is 99.5 Å². The Balaban J connectivity index is 1.75. The molecule has 0 amide bonds. The third kappa shape index (κ3) is 4.01. The summed E-state index contributed by atoms with van der Waals surface area (Å²) in [6, 6.07) is 20.9. The summed E-state index contributed by atoms with van der Waals surface area (Å²) >= 11 is 0. The largest absolute Gasteiger partial charge is 0.368 e. The van der Waals surface area contributed by atoms with Crippen LogP contribution in [0.15, 0.2) is 71.7 Å². The average Bonchev–Trinajstić information content (AvgIpc) is 2.78. The van der Waals surface area contributed by atoms with Crippen LogP contribution in [-0.2, 0) is 0 Å². The zero-order valence-electron chi connectivity index (χ0n) is 18.2. The molecule has 2 N–H and O–H groups in total. The molecule has 2 aromatic carbocycles. The van der Waals surface area contributed by atoms with Crippen LogP contribution in [0.4, 0.5) is 5.95 Å². The Morgan fingerprint density at radius 2 is 1.75 bits per heavy atom. The van der Waals surface area contributed by atoms with Gasteiger partial charge < -0.3 is 10.3 Å². The van der Waals surface area contributed by atoms with Gasteiger partial charge in [0.1, 0.15) is 0 Å². The molecule has 2 aromatic heterocycles. The second kappa shape index (κ2) is 8.48. The summed E-state index contributed by atoms with van der Waals surface area (Å²) in [5, 5.41) is 9.33. The summed E-state index contributed by atoms with van der Waals surface area (Å²) in [5.74, 6) is 0.108. The van der Waals surface area contributed by atoms with Crippen molar-refractivity contribution >= 4 is 5.95 Å². The van der Waals surface area contributed by atoms with Gasteiger partial charge in [0, 0.05) is 23.4 Å². The van der Waals surface area contributed by atoms with Crippen molar-refractivity contribution in [3.63, 3.8) is 0 Å². The first-order valence-corrected chi connectivity index (χ1v) is 10.3. The van der Waals surface area contributed by atoms with Gasteiger partial charge in [-0.05, 0) is 50.1 Å². The molecule has 0 saturated heterocycles. The maximum atomic E-state index is 12.9. The lowest BCUT2D eigenvalue weighted by Crippen LogP contribution is -2.22. The van der Waals surface area contributed by atoms with Gasteiger partial charge in [0.05, 0.1) is 29.1 Å². The van der Waals surface area contributed by atoms with E-state index in [2.05, 4.69) is 22.1 Å². The molecular weight excluding hydrogens is 398 g/mol. The molecule has 1 unspecified atom stereocenters. The summed E-state index contributed by atoms with van der Waals surface area (Å²) in [7, 11) is 0. The van der Waals surface area contributed by atoms with Gasteiger partial charge in [-0.3, -0.25) is 4.79 Å². The van der Waals surface area contributed by atoms with E-state index in [4.69, 9.17) is 5.73 Å². The van der Waals surface area contributed by atoms with Crippen molar-refractivity contribution in [2.45, 2.75) is 26.8 Å². The SMILES string of the molecule is Cc1cccc(C(C)n2ccc(-c3cc(-c4cccc(C#N)c4C)nc(N)n3)cc2=O)c1. The van der Waals surface area contributed by atoms with Gasteiger partial charge in [0.2, 0.25) is 5.95 Å². The second-order valence-electron chi connectivity index (χ2n) is 7.84. The molecule has 0 bridgehead atoms. The minimum absolute atomic E-state index is 0.0983. The maximum Gasteiger partial charge on any atom is 0.251 e. The molecule has 0 spiro atoms. The van der Waals surface area contributed by atoms with E-state index in [9.17, 15) is 10.1 Å². The van der Waals surface area contributed by atoms with E-state index in [1.165, 1.54) is 0 Å². The summed E-state index contributed by atoms with van der Waals surface area (Å²) in [6.07, 6.45) is 1.78. The Bertz CT molecular complexity index is 1410. The normalized spacial score (nSPS) is 11.7. The maximum absolute atomic E-state index is 12.9. The molecular formula is C26H23N5O. The molecule has 2 heterocycles. The predicted octanol–water partition coefficient (Wildman–Crippen LogP) is 4.65. The first-order valence-electron chi connectivity index (χ1n) is 10.3. The van der Waals surface area contributed by atoms with Crippen LogP contribution >= 0.6 is 0 Å². The van der Waals surface area contributed by atoms with Gasteiger partial charge in [0.15, 0.2) is 0 Å². The average molecular weight is 422 g/mol. The van der Waals surface area contributed by atoms with E-state index < -0.39 is 0 Å². The monoisotopic (exact) mass is 421 g/mol. The first kappa shape index (κ1) is 21.0. The molecule has 6 nitrogen and oxygen atoms in total. The van der Waals surface area contributed by atoms with Gasteiger partial charge in [-0.15, -0.1) is 0 Å². The molecule has 4 rings (SSSR count). The van der Waals surface area contributed by atoms with Gasteiger partial charge in [-0.25, -0.2) is 9.97 Å². The molecule has 0 radical (unpaired) electrons. The van der Waals surface area contributed by atoms with Crippen molar-refractivity contribution in [1.82, 2.24) is 14.5 Å². The van der Waals surface area contributed by atoms with Crippen LogP contribution in [0.3, 0.4) is 0 Å². The van der Waals surface area contributed by atoms with Gasteiger partial charge >= 0.3 is 0 Å². The number of aryl methyl sites for hydroxylation is 1. The topological polar surface area (TPSA) is 97.6 Å². The fourth-order valence-electron chi connectivity index (χ4n) is 3.85. The smallest absolute Gasteiger partial charge is 0.251 e. The van der Waals surface area contributed by atoms with E-state index in [1.807, 2.05) is 57.2 Å². The minimum Gasteiger partial charge on any atom is -0.368 e.